The molecule has 0 bridgehead atoms. The lowest BCUT2D eigenvalue weighted by Gasteiger charge is -2.24. The van der Waals surface area contributed by atoms with Gasteiger partial charge in [-0.05, 0) is 119 Å². The van der Waals surface area contributed by atoms with Crippen molar-refractivity contribution < 1.29 is 0 Å². The van der Waals surface area contributed by atoms with Gasteiger partial charge in [-0.2, -0.15) is 0 Å². The van der Waals surface area contributed by atoms with Gasteiger partial charge in [-0.3, -0.25) is 0 Å². The average Bonchev–Trinajstić information content (AvgIpc) is 3.45. The van der Waals surface area contributed by atoms with Crippen LogP contribution >= 0.6 is 0 Å². The minimum atomic E-state index is 0.470. The number of rotatable bonds is 3. The summed E-state index contributed by atoms with van der Waals surface area (Å²) in [6.07, 6.45) is 12.7. The molecular formula is C46H32. The molecule has 0 N–H and O–H groups in total. The molecule has 0 heteroatoms. The lowest BCUT2D eigenvalue weighted by Crippen LogP contribution is -2.03. The average molecular weight is 585 g/mol. The summed E-state index contributed by atoms with van der Waals surface area (Å²) in [5, 5.41) is 5.22. The van der Waals surface area contributed by atoms with Crippen LogP contribution in [0.25, 0.3) is 78.2 Å². The molecule has 0 amide bonds. The van der Waals surface area contributed by atoms with Gasteiger partial charge in [0, 0.05) is 5.92 Å². The van der Waals surface area contributed by atoms with Gasteiger partial charge in [0.2, 0.25) is 0 Å². The second kappa shape index (κ2) is 10.0. The third kappa shape index (κ3) is 3.74. The molecule has 3 aliphatic carbocycles. The molecule has 10 rings (SSSR count). The van der Waals surface area contributed by atoms with Crippen molar-refractivity contribution in [1.29, 1.82) is 0 Å². The van der Waals surface area contributed by atoms with Crippen LogP contribution in [0.2, 0.25) is 0 Å². The summed E-state index contributed by atoms with van der Waals surface area (Å²) >= 11 is 0. The first kappa shape index (κ1) is 25.8. The van der Waals surface area contributed by atoms with Crippen LogP contribution in [0, 0.1) is 0 Å². The maximum Gasteiger partial charge on any atom is 0.0142 e. The molecule has 7 aromatic rings. The smallest absolute Gasteiger partial charge is 0.0142 e. The summed E-state index contributed by atoms with van der Waals surface area (Å²) in [5.74, 6) is 0.470. The molecule has 0 radical (unpaired) electrons. The summed E-state index contributed by atoms with van der Waals surface area (Å²) in [4.78, 5) is 0. The molecule has 0 fully saturated rings. The monoisotopic (exact) mass is 584 g/mol. The van der Waals surface area contributed by atoms with Crippen LogP contribution < -0.4 is 0 Å². The van der Waals surface area contributed by atoms with Gasteiger partial charge < -0.3 is 0 Å². The summed E-state index contributed by atoms with van der Waals surface area (Å²) < 4.78 is 0. The first-order valence-corrected chi connectivity index (χ1v) is 16.6. The van der Waals surface area contributed by atoms with E-state index in [0.717, 1.165) is 19.3 Å². The second-order valence-electron chi connectivity index (χ2n) is 13.0. The van der Waals surface area contributed by atoms with Crippen LogP contribution in [0.5, 0.6) is 0 Å². The highest BCUT2D eigenvalue weighted by atomic mass is 14.4. The molecule has 0 saturated carbocycles. The first-order valence-electron chi connectivity index (χ1n) is 16.6. The lowest BCUT2D eigenvalue weighted by molar-refractivity contribution is 0.844. The fourth-order valence-electron chi connectivity index (χ4n) is 8.63. The maximum atomic E-state index is 2.38. The van der Waals surface area contributed by atoms with Crippen molar-refractivity contribution in [1.82, 2.24) is 0 Å². The molecule has 46 heavy (non-hydrogen) atoms. The van der Waals surface area contributed by atoms with E-state index in [-0.39, 0.29) is 0 Å². The predicted molar refractivity (Wildman–Crippen MR) is 196 cm³/mol. The molecule has 0 spiro atoms. The van der Waals surface area contributed by atoms with Gasteiger partial charge in [0.1, 0.15) is 0 Å². The molecule has 1 atom stereocenters. The Balaban J connectivity index is 1.13. The normalized spacial score (nSPS) is 15.6. The Kier molecular flexibility index (Phi) is 5.63. The quantitative estimate of drug-likeness (QED) is 0.194. The molecule has 0 aliphatic heterocycles. The van der Waals surface area contributed by atoms with Crippen LogP contribution in [0.3, 0.4) is 0 Å². The van der Waals surface area contributed by atoms with E-state index < -0.39 is 0 Å². The largest absolute Gasteiger partial charge is 0.0836 e. The molecule has 0 heterocycles. The van der Waals surface area contributed by atoms with E-state index in [9.17, 15) is 0 Å². The zero-order chi connectivity index (χ0) is 30.2. The third-order valence-electron chi connectivity index (χ3n) is 10.6. The Morgan fingerprint density at radius 2 is 1.17 bits per heavy atom. The zero-order valence-corrected chi connectivity index (χ0v) is 25.6. The van der Waals surface area contributed by atoms with E-state index >= 15 is 0 Å². The second-order valence-corrected chi connectivity index (χ2v) is 13.0. The highest BCUT2D eigenvalue weighted by molar-refractivity contribution is 6.11. The molecule has 7 aromatic carbocycles. The third-order valence-corrected chi connectivity index (χ3v) is 10.6. The molecular weight excluding hydrogens is 553 g/mol. The minimum absolute atomic E-state index is 0.470. The van der Waals surface area contributed by atoms with Crippen molar-refractivity contribution in [2.45, 2.75) is 25.2 Å². The van der Waals surface area contributed by atoms with Crippen molar-refractivity contribution in [2.75, 3.05) is 0 Å². The van der Waals surface area contributed by atoms with E-state index in [1.807, 2.05) is 0 Å². The standard InChI is InChI=1S/C46H32/c1-2-11-32-28-33(25-20-29(32)10-1)45-41-16-7-5-14-39(41)44(40-15-6-8-17-42(40)45)31-23-21-30(22-24-31)34-26-27-43-36-13-4-3-12-35(36)38-19-9-18-37(34)46(38)43/h1-5,7-14,16-18,20-28,38H,6,15,19H2. The van der Waals surface area contributed by atoms with Crippen molar-refractivity contribution in [3.63, 3.8) is 0 Å². The van der Waals surface area contributed by atoms with Gasteiger partial charge in [-0.1, -0.05) is 146 Å². The Morgan fingerprint density at radius 1 is 0.478 bits per heavy atom. The fourth-order valence-corrected chi connectivity index (χ4v) is 8.63. The molecule has 0 aromatic heterocycles. The SMILES string of the molecule is C1=Cc2c(c(-c3ccc(-c4ccc5c6c4C=CCC6c4ccccc4-5)cc3)c3ccccc3c2-c2ccc3ccccc3c2)CC1. The number of benzene rings is 7. The number of allylic oxidation sites excluding steroid dienone is 2. The zero-order valence-electron chi connectivity index (χ0n) is 25.6. The van der Waals surface area contributed by atoms with Crippen molar-refractivity contribution in [3.8, 4) is 44.5 Å². The maximum absolute atomic E-state index is 2.38. The van der Waals surface area contributed by atoms with E-state index in [1.165, 1.54) is 93.9 Å². The minimum Gasteiger partial charge on any atom is -0.0836 e. The summed E-state index contributed by atoms with van der Waals surface area (Å²) in [5.41, 5.74) is 18.0. The fraction of sp³-hybridized carbons (Fsp3) is 0.0870. The first-order chi connectivity index (χ1) is 22.8. The number of hydrogen-bond acceptors (Lipinski definition) is 0. The van der Waals surface area contributed by atoms with Gasteiger partial charge in [-0.15, -0.1) is 0 Å². The van der Waals surface area contributed by atoms with E-state index in [1.54, 1.807) is 0 Å². The van der Waals surface area contributed by atoms with Crippen molar-refractivity contribution in [2.24, 2.45) is 0 Å². The molecule has 0 saturated heterocycles. The van der Waals surface area contributed by atoms with Gasteiger partial charge in [-0.25, -0.2) is 0 Å². The molecule has 216 valence electrons. The Bertz CT molecular complexity index is 2430. The number of fused-ring (bicyclic) bond motifs is 6. The van der Waals surface area contributed by atoms with E-state index in [2.05, 4.69) is 152 Å². The van der Waals surface area contributed by atoms with Gasteiger partial charge in [0.15, 0.2) is 0 Å². The van der Waals surface area contributed by atoms with Crippen LogP contribution in [-0.4, -0.2) is 0 Å². The van der Waals surface area contributed by atoms with Crippen LogP contribution in [0.1, 0.15) is 46.6 Å². The van der Waals surface area contributed by atoms with Gasteiger partial charge >= 0.3 is 0 Å². The molecule has 1 unspecified atom stereocenters. The van der Waals surface area contributed by atoms with Crippen molar-refractivity contribution in [3.05, 3.63) is 167 Å². The highest BCUT2D eigenvalue weighted by Gasteiger charge is 2.32. The van der Waals surface area contributed by atoms with E-state index in [0.29, 0.717) is 5.92 Å². The summed E-state index contributed by atoms with van der Waals surface area (Å²) in [7, 11) is 0. The predicted octanol–water partition coefficient (Wildman–Crippen LogP) is 12.5. The Hall–Kier alpha value is -5.46. The molecule has 0 nitrogen and oxygen atoms in total. The Morgan fingerprint density at radius 3 is 2.07 bits per heavy atom. The van der Waals surface area contributed by atoms with Crippen LogP contribution in [0.4, 0.5) is 0 Å². The van der Waals surface area contributed by atoms with E-state index in [4.69, 9.17) is 0 Å². The summed E-state index contributed by atoms with van der Waals surface area (Å²) in [6, 6.07) is 47.8. The molecule has 3 aliphatic rings. The Labute approximate surface area is 270 Å². The highest BCUT2D eigenvalue weighted by Crippen LogP contribution is 2.52. The lowest BCUT2D eigenvalue weighted by atomic mass is 9.79. The summed E-state index contributed by atoms with van der Waals surface area (Å²) in [6.45, 7) is 0. The van der Waals surface area contributed by atoms with Crippen molar-refractivity contribution >= 4 is 33.7 Å². The topological polar surface area (TPSA) is 0 Å². The van der Waals surface area contributed by atoms with Crippen LogP contribution in [-0.2, 0) is 6.42 Å². The van der Waals surface area contributed by atoms with Crippen LogP contribution in [0.15, 0.2) is 140 Å². The van der Waals surface area contributed by atoms with Gasteiger partial charge in [0.25, 0.3) is 0 Å². The van der Waals surface area contributed by atoms with Gasteiger partial charge in [0.05, 0.1) is 0 Å². The number of hydrogen-bond donors (Lipinski definition) is 0.